The molecule has 5 rings (SSSR count). The maximum atomic E-state index is 12.7. The van der Waals surface area contributed by atoms with Crippen LogP contribution in [0.5, 0.6) is 5.75 Å². The molecule has 35 heavy (non-hydrogen) atoms. The highest BCUT2D eigenvalue weighted by Gasteiger charge is 2.22. The Labute approximate surface area is 203 Å². The number of nitrogen functional groups attached to an aromatic ring is 1. The number of amides is 1. The molecule has 0 aliphatic carbocycles. The van der Waals surface area contributed by atoms with Crippen LogP contribution >= 0.6 is 0 Å². The van der Waals surface area contributed by atoms with Crippen LogP contribution in [0.15, 0.2) is 60.7 Å². The molecule has 4 aromatic rings. The molecule has 1 saturated heterocycles. The molecule has 1 amide bonds. The maximum absolute atomic E-state index is 12.7. The Morgan fingerprint density at radius 1 is 1.11 bits per heavy atom. The largest absolute Gasteiger partial charge is 0.508 e. The summed E-state index contributed by atoms with van der Waals surface area (Å²) in [5.41, 5.74) is 11.1. The van der Waals surface area contributed by atoms with E-state index in [1.807, 2.05) is 43.3 Å². The van der Waals surface area contributed by atoms with Crippen LogP contribution in [0, 0.1) is 12.3 Å². The van der Waals surface area contributed by atoms with E-state index in [1.54, 1.807) is 12.1 Å². The van der Waals surface area contributed by atoms with Crippen LogP contribution in [0.2, 0.25) is 0 Å². The number of aromatic nitrogens is 2. The number of phenolic OH excluding ortho intramolecular Hbond substituents is 1. The average Bonchev–Trinajstić information content (AvgIpc) is 3.48. The highest BCUT2D eigenvalue weighted by Crippen LogP contribution is 2.31. The van der Waals surface area contributed by atoms with E-state index in [0.29, 0.717) is 16.8 Å². The van der Waals surface area contributed by atoms with Gasteiger partial charge in [-0.25, -0.2) is 4.98 Å². The molecule has 2 heterocycles. The summed E-state index contributed by atoms with van der Waals surface area (Å²) < 4.78 is 2.20. The first kappa shape index (κ1) is 22.5. The molecule has 8 heteroatoms. The second kappa shape index (κ2) is 9.13. The average molecular weight is 469 g/mol. The Bertz CT molecular complexity index is 1440. The first-order chi connectivity index (χ1) is 16.9. The Hall–Kier alpha value is -4.33. The third kappa shape index (κ3) is 4.42. The normalized spacial score (nSPS) is 13.3. The lowest BCUT2D eigenvalue weighted by Gasteiger charge is -2.20. The number of aryl methyl sites for hydroxylation is 1. The fourth-order valence-electron chi connectivity index (χ4n) is 4.64. The van der Waals surface area contributed by atoms with Gasteiger partial charge in [-0.3, -0.25) is 14.8 Å². The summed E-state index contributed by atoms with van der Waals surface area (Å²) in [5.74, 6) is 0.569. The molecule has 0 spiro atoms. The number of imidazole rings is 1. The van der Waals surface area contributed by atoms with Crippen molar-refractivity contribution in [2.45, 2.75) is 26.2 Å². The molecule has 3 aromatic carbocycles. The number of nitrogens with zero attached hydrogens (tertiary/aromatic N) is 3. The number of anilines is 2. The third-order valence-corrected chi connectivity index (χ3v) is 6.39. The van der Waals surface area contributed by atoms with Crippen LogP contribution in [-0.2, 0) is 11.2 Å². The van der Waals surface area contributed by atoms with Crippen molar-refractivity contribution in [2.75, 3.05) is 23.3 Å². The van der Waals surface area contributed by atoms with Crippen molar-refractivity contribution < 1.29 is 9.90 Å². The molecule has 178 valence electrons. The van der Waals surface area contributed by atoms with Gasteiger partial charge in [-0.05, 0) is 73.9 Å². The molecule has 0 saturated carbocycles. The highest BCUT2D eigenvalue weighted by atomic mass is 16.3. The number of amidine groups is 1. The smallest absolute Gasteiger partial charge is 0.228 e. The first-order valence-corrected chi connectivity index (χ1v) is 11.7. The van der Waals surface area contributed by atoms with Gasteiger partial charge < -0.3 is 21.1 Å². The monoisotopic (exact) mass is 468 g/mol. The van der Waals surface area contributed by atoms with Crippen molar-refractivity contribution in [3.8, 4) is 11.4 Å². The number of benzene rings is 3. The predicted octanol–water partition coefficient (Wildman–Crippen LogP) is 4.10. The molecule has 0 unspecified atom stereocenters. The number of phenols is 1. The van der Waals surface area contributed by atoms with E-state index in [1.165, 1.54) is 6.07 Å². The third-order valence-electron chi connectivity index (χ3n) is 6.39. The van der Waals surface area contributed by atoms with Crippen molar-refractivity contribution >= 4 is 34.4 Å². The van der Waals surface area contributed by atoms with Gasteiger partial charge in [0.2, 0.25) is 11.9 Å². The van der Waals surface area contributed by atoms with Gasteiger partial charge in [0.25, 0.3) is 0 Å². The fourth-order valence-corrected chi connectivity index (χ4v) is 4.64. The van der Waals surface area contributed by atoms with Gasteiger partial charge in [-0.1, -0.05) is 12.1 Å². The van der Waals surface area contributed by atoms with Crippen molar-refractivity contribution in [3.63, 3.8) is 0 Å². The van der Waals surface area contributed by atoms with Crippen LogP contribution in [0.25, 0.3) is 16.7 Å². The van der Waals surface area contributed by atoms with Gasteiger partial charge in [0, 0.05) is 29.9 Å². The zero-order valence-electron chi connectivity index (χ0n) is 19.6. The first-order valence-electron chi connectivity index (χ1n) is 11.7. The van der Waals surface area contributed by atoms with E-state index >= 15 is 0 Å². The molecule has 5 N–H and O–H groups in total. The van der Waals surface area contributed by atoms with Crippen molar-refractivity contribution in [3.05, 3.63) is 77.4 Å². The second-order valence-electron chi connectivity index (χ2n) is 8.91. The van der Waals surface area contributed by atoms with Crippen molar-refractivity contribution in [2.24, 2.45) is 5.73 Å². The van der Waals surface area contributed by atoms with Crippen molar-refractivity contribution in [1.29, 1.82) is 5.41 Å². The standard InChI is InChI=1S/C27H28N6O2/c1-17-14-20(30-25(35)16-19-15-18(26(28)29)8-11-24(19)34)9-10-22(17)33-23-7-3-2-6-21(23)31-27(33)32-12-4-5-13-32/h2-3,6-11,14-15,34H,4-5,12-13,16H2,1H3,(H3,28,29)(H,30,35). The number of fused-ring (bicyclic) bond motifs is 1. The van der Waals surface area contributed by atoms with Gasteiger partial charge in [-0.2, -0.15) is 0 Å². The number of carbonyl (C=O) groups excluding carboxylic acids is 1. The minimum atomic E-state index is -0.265. The summed E-state index contributed by atoms with van der Waals surface area (Å²) in [5, 5.41) is 20.6. The Morgan fingerprint density at radius 2 is 1.89 bits per heavy atom. The molecule has 1 aliphatic rings. The minimum Gasteiger partial charge on any atom is -0.508 e. The molecule has 1 aliphatic heterocycles. The number of nitrogens with one attached hydrogen (secondary N) is 2. The molecular formula is C27H28N6O2. The van der Waals surface area contributed by atoms with Gasteiger partial charge in [0.15, 0.2) is 0 Å². The summed E-state index contributed by atoms with van der Waals surface area (Å²) in [6.07, 6.45) is 2.30. The van der Waals surface area contributed by atoms with Crippen molar-refractivity contribution in [1.82, 2.24) is 9.55 Å². The number of nitrogens with two attached hydrogens (primary N) is 1. The zero-order valence-corrected chi connectivity index (χ0v) is 19.6. The molecule has 0 bridgehead atoms. The van der Waals surface area contributed by atoms with Crippen LogP contribution in [0.3, 0.4) is 0 Å². The van der Waals surface area contributed by atoms with Crippen LogP contribution < -0.4 is 16.0 Å². The lowest BCUT2D eigenvalue weighted by Crippen LogP contribution is -2.22. The van der Waals surface area contributed by atoms with E-state index in [4.69, 9.17) is 16.1 Å². The number of hydrogen-bond acceptors (Lipinski definition) is 5. The SMILES string of the molecule is Cc1cc(NC(=O)Cc2cc(C(=N)N)ccc2O)ccc1-n1c(N2CCCC2)nc2ccccc21. The number of hydrogen-bond donors (Lipinski definition) is 4. The summed E-state index contributed by atoms with van der Waals surface area (Å²) in [6.45, 7) is 4.01. The zero-order chi connectivity index (χ0) is 24.5. The van der Waals surface area contributed by atoms with E-state index in [-0.39, 0.29) is 23.9 Å². The number of para-hydroxylation sites is 2. The Kier molecular flexibility index (Phi) is 5.86. The summed E-state index contributed by atoms with van der Waals surface area (Å²) >= 11 is 0. The Balaban J connectivity index is 1.42. The number of aromatic hydroxyl groups is 1. The van der Waals surface area contributed by atoms with E-state index in [9.17, 15) is 9.90 Å². The minimum absolute atomic E-state index is 0.00175. The van der Waals surface area contributed by atoms with E-state index < -0.39 is 0 Å². The van der Waals surface area contributed by atoms with Gasteiger partial charge in [-0.15, -0.1) is 0 Å². The van der Waals surface area contributed by atoms with Crippen LogP contribution in [0.1, 0.15) is 29.5 Å². The quantitative estimate of drug-likeness (QED) is 0.251. The summed E-state index contributed by atoms with van der Waals surface area (Å²) in [6, 6.07) is 18.5. The lowest BCUT2D eigenvalue weighted by molar-refractivity contribution is -0.115. The fraction of sp³-hybridized carbons (Fsp3) is 0.222. The molecular weight excluding hydrogens is 440 g/mol. The van der Waals surface area contributed by atoms with Gasteiger partial charge >= 0.3 is 0 Å². The molecule has 0 radical (unpaired) electrons. The topological polar surface area (TPSA) is 120 Å². The highest BCUT2D eigenvalue weighted by molar-refractivity contribution is 5.97. The molecule has 8 nitrogen and oxygen atoms in total. The maximum Gasteiger partial charge on any atom is 0.228 e. The van der Waals surface area contributed by atoms with Gasteiger partial charge in [0.05, 0.1) is 23.1 Å². The molecule has 1 fully saturated rings. The second-order valence-corrected chi connectivity index (χ2v) is 8.91. The van der Waals surface area contributed by atoms with E-state index in [0.717, 1.165) is 54.2 Å². The van der Waals surface area contributed by atoms with Crippen LogP contribution in [-0.4, -0.2) is 39.5 Å². The number of carbonyl (C=O) groups is 1. The van der Waals surface area contributed by atoms with E-state index in [2.05, 4.69) is 20.9 Å². The lowest BCUT2D eigenvalue weighted by atomic mass is 10.1. The van der Waals surface area contributed by atoms with Gasteiger partial charge in [0.1, 0.15) is 11.6 Å². The number of rotatable bonds is 6. The summed E-state index contributed by atoms with van der Waals surface area (Å²) in [7, 11) is 0. The summed E-state index contributed by atoms with van der Waals surface area (Å²) in [4.78, 5) is 20.0. The molecule has 0 atom stereocenters. The predicted molar refractivity (Wildman–Crippen MR) is 139 cm³/mol. The Morgan fingerprint density at radius 3 is 2.63 bits per heavy atom. The van der Waals surface area contributed by atoms with Crippen LogP contribution in [0.4, 0.5) is 11.6 Å². The molecule has 1 aromatic heterocycles.